The lowest BCUT2D eigenvalue weighted by atomic mass is 10.1. The zero-order valence-electron chi connectivity index (χ0n) is 11.4. The van der Waals surface area contributed by atoms with Crippen LogP contribution in [0, 0.1) is 17.1 Å². The Bertz CT molecular complexity index is 697. The van der Waals surface area contributed by atoms with Gasteiger partial charge in [0.25, 0.3) is 0 Å². The predicted octanol–water partition coefficient (Wildman–Crippen LogP) is 4.46. The van der Waals surface area contributed by atoms with Crippen LogP contribution in [0.25, 0.3) is 0 Å². The van der Waals surface area contributed by atoms with Crippen LogP contribution in [0.3, 0.4) is 0 Å². The summed E-state index contributed by atoms with van der Waals surface area (Å²) in [5.41, 5.74) is 7.40. The molecule has 5 heteroatoms. The van der Waals surface area contributed by atoms with Gasteiger partial charge in [0.2, 0.25) is 0 Å². The average Bonchev–Trinajstić information content (AvgIpc) is 2.47. The van der Waals surface area contributed by atoms with Gasteiger partial charge < -0.3 is 10.5 Å². The highest BCUT2D eigenvalue weighted by molar-refractivity contribution is 6.30. The number of nitrogen functional groups attached to an aromatic ring is 1. The molecule has 0 bridgehead atoms. The molecule has 0 fully saturated rings. The van der Waals surface area contributed by atoms with Gasteiger partial charge in [-0.15, -0.1) is 0 Å². The Morgan fingerprint density at radius 1 is 1.38 bits per heavy atom. The van der Waals surface area contributed by atoms with E-state index >= 15 is 0 Å². The summed E-state index contributed by atoms with van der Waals surface area (Å²) in [6.45, 7) is 1.95. The predicted molar refractivity (Wildman–Crippen MR) is 80.6 cm³/mol. The fourth-order valence-corrected chi connectivity index (χ4v) is 2.17. The van der Waals surface area contributed by atoms with Crippen LogP contribution in [-0.2, 0) is 0 Å². The van der Waals surface area contributed by atoms with Gasteiger partial charge in [0, 0.05) is 11.8 Å². The largest absolute Gasteiger partial charge is 0.484 e. The molecule has 0 saturated carbocycles. The third kappa shape index (κ3) is 3.45. The van der Waals surface area contributed by atoms with Crippen LogP contribution in [-0.4, -0.2) is 0 Å². The van der Waals surface area contributed by atoms with Crippen molar-refractivity contribution in [3.63, 3.8) is 0 Å². The Balaban J connectivity index is 2.35. The number of nitriles is 1. The Morgan fingerprint density at radius 3 is 2.76 bits per heavy atom. The summed E-state index contributed by atoms with van der Waals surface area (Å²) in [5, 5.41) is 9.00. The number of nitrogens with zero attached hydrogens (tertiary/aromatic N) is 1. The van der Waals surface area contributed by atoms with Crippen LogP contribution in [0.5, 0.6) is 5.75 Å². The molecule has 0 amide bonds. The van der Waals surface area contributed by atoms with E-state index in [4.69, 9.17) is 27.3 Å². The molecular weight excluding hydrogens is 291 g/mol. The molecule has 0 radical (unpaired) electrons. The van der Waals surface area contributed by atoms with Crippen molar-refractivity contribution in [1.29, 1.82) is 5.26 Å². The molecule has 2 aromatic carbocycles. The zero-order valence-corrected chi connectivity index (χ0v) is 12.2. The van der Waals surface area contributed by atoms with Gasteiger partial charge in [-0.3, -0.25) is 0 Å². The van der Waals surface area contributed by atoms with Crippen molar-refractivity contribution in [3.05, 3.63) is 58.4 Å². The van der Waals surface area contributed by atoms with Gasteiger partial charge in [0.15, 0.2) is 0 Å². The molecule has 0 aliphatic carbocycles. The van der Waals surface area contributed by atoms with Gasteiger partial charge >= 0.3 is 0 Å². The number of nitrogens with two attached hydrogens (primary N) is 1. The minimum atomic E-state index is -0.641. The third-order valence-electron chi connectivity index (χ3n) is 3.07. The van der Waals surface area contributed by atoms with E-state index in [9.17, 15) is 4.39 Å². The Hall–Kier alpha value is -2.25. The van der Waals surface area contributed by atoms with Crippen molar-refractivity contribution in [3.8, 4) is 11.8 Å². The van der Waals surface area contributed by atoms with Gasteiger partial charge in [-0.2, -0.15) is 5.26 Å². The number of hydrogen-bond acceptors (Lipinski definition) is 3. The number of rotatable bonds is 4. The lowest BCUT2D eigenvalue weighted by Crippen LogP contribution is -2.08. The van der Waals surface area contributed by atoms with E-state index in [1.165, 1.54) is 6.07 Å². The second-order valence-corrected chi connectivity index (χ2v) is 4.97. The molecule has 0 spiro atoms. The van der Waals surface area contributed by atoms with Gasteiger partial charge in [0.05, 0.1) is 10.6 Å². The number of anilines is 1. The normalized spacial score (nSPS) is 11.7. The first-order valence-electron chi connectivity index (χ1n) is 6.46. The molecule has 0 aliphatic rings. The molecule has 21 heavy (non-hydrogen) atoms. The SMILES string of the molecule is CC[C@@H](Oc1cc(Cl)c(F)cc1C#N)c1cccc(N)c1. The monoisotopic (exact) mass is 304 g/mol. The van der Waals surface area contributed by atoms with Crippen molar-refractivity contribution in [2.45, 2.75) is 19.4 Å². The van der Waals surface area contributed by atoms with Gasteiger partial charge in [-0.25, -0.2) is 4.39 Å². The van der Waals surface area contributed by atoms with Crippen LogP contribution in [0.2, 0.25) is 5.02 Å². The van der Waals surface area contributed by atoms with Crippen molar-refractivity contribution < 1.29 is 9.13 Å². The molecule has 0 aliphatic heterocycles. The van der Waals surface area contributed by atoms with Gasteiger partial charge in [0.1, 0.15) is 23.7 Å². The number of hydrogen-bond donors (Lipinski definition) is 1. The first-order valence-corrected chi connectivity index (χ1v) is 6.84. The second kappa shape index (κ2) is 6.47. The van der Waals surface area contributed by atoms with E-state index in [2.05, 4.69) is 0 Å². The van der Waals surface area contributed by atoms with E-state index in [-0.39, 0.29) is 22.4 Å². The van der Waals surface area contributed by atoms with Crippen LogP contribution in [0.1, 0.15) is 30.6 Å². The van der Waals surface area contributed by atoms with E-state index in [0.29, 0.717) is 12.1 Å². The summed E-state index contributed by atoms with van der Waals surface area (Å²) in [6.07, 6.45) is 0.380. The van der Waals surface area contributed by atoms with Crippen molar-refractivity contribution in [1.82, 2.24) is 0 Å². The molecule has 2 aromatic rings. The lowest BCUT2D eigenvalue weighted by molar-refractivity contribution is 0.200. The molecule has 0 aromatic heterocycles. The van der Waals surface area contributed by atoms with E-state index in [1.54, 1.807) is 6.07 Å². The van der Waals surface area contributed by atoms with Gasteiger partial charge in [-0.1, -0.05) is 30.7 Å². The third-order valence-corrected chi connectivity index (χ3v) is 3.36. The maximum absolute atomic E-state index is 13.4. The fraction of sp³-hybridized carbons (Fsp3) is 0.188. The fourth-order valence-electron chi connectivity index (χ4n) is 2.01. The topological polar surface area (TPSA) is 59.0 Å². The zero-order chi connectivity index (χ0) is 15.4. The average molecular weight is 305 g/mol. The Kier molecular flexibility index (Phi) is 4.66. The maximum Gasteiger partial charge on any atom is 0.143 e. The summed E-state index contributed by atoms with van der Waals surface area (Å²) in [7, 11) is 0. The maximum atomic E-state index is 13.4. The first kappa shape index (κ1) is 15.1. The van der Waals surface area contributed by atoms with Crippen molar-refractivity contribution in [2.75, 3.05) is 5.73 Å². The smallest absolute Gasteiger partial charge is 0.143 e. The summed E-state index contributed by atoms with van der Waals surface area (Å²) in [6, 6.07) is 11.6. The van der Waals surface area contributed by atoms with Crippen LogP contribution >= 0.6 is 11.6 Å². The van der Waals surface area contributed by atoms with E-state index in [1.807, 2.05) is 31.2 Å². The standard InChI is InChI=1S/C16H14ClFN2O/c1-2-15(10-4-3-5-12(20)6-10)21-16-8-13(17)14(18)7-11(16)9-19/h3-8,15H,2,20H2,1H3/t15-/m1/s1. The molecule has 0 saturated heterocycles. The molecule has 1 atom stereocenters. The van der Waals surface area contributed by atoms with E-state index < -0.39 is 5.82 Å². The molecule has 108 valence electrons. The lowest BCUT2D eigenvalue weighted by Gasteiger charge is -2.19. The van der Waals surface area contributed by atoms with Gasteiger partial charge in [-0.05, 0) is 30.2 Å². The highest BCUT2D eigenvalue weighted by Gasteiger charge is 2.16. The summed E-state index contributed by atoms with van der Waals surface area (Å²) in [4.78, 5) is 0. The highest BCUT2D eigenvalue weighted by atomic mass is 35.5. The molecular formula is C16H14ClFN2O. The molecule has 0 unspecified atom stereocenters. The number of ether oxygens (including phenoxy) is 1. The summed E-state index contributed by atoms with van der Waals surface area (Å²) in [5.74, 6) is -0.379. The Morgan fingerprint density at radius 2 is 2.14 bits per heavy atom. The quantitative estimate of drug-likeness (QED) is 0.848. The van der Waals surface area contributed by atoms with E-state index in [0.717, 1.165) is 11.6 Å². The molecule has 2 rings (SSSR count). The number of benzene rings is 2. The molecule has 2 N–H and O–H groups in total. The summed E-state index contributed by atoms with van der Waals surface area (Å²) >= 11 is 5.76. The Labute approximate surface area is 127 Å². The minimum Gasteiger partial charge on any atom is -0.484 e. The molecule has 3 nitrogen and oxygen atoms in total. The van der Waals surface area contributed by atoms with Crippen LogP contribution in [0.15, 0.2) is 36.4 Å². The van der Waals surface area contributed by atoms with Crippen molar-refractivity contribution in [2.24, 2.45) is 0 Å². The van der Waals surface area contributed by atoms with Crippen molar-refractivity contribution >= 4 is 17.3 Å². The summed E-state index contributed by atoms with van der Waals surface area (Å²) < 4.78 is 19.2. The molecule has 0 heterocycles. The van der Waals surface area contributed by atoms with Crippen LogP contribution in [0.4, 0.5) is 10.1 Å². The van der Waals surface area contributed by atoms with Crippen LogP contribution < -0.4 is 10.5 Å². The minimum absolute atomic E-state index is 0.0774. The first-order chi connectivity index (χ1) is 10.0. The highest BCUT2D eigenvalue weighted by Crippen LogP contribution is 2.31. The number of halogens is 2. The second-order valence-electron chi connectivity index (χ2n) is 4.56.